The van der Waals surface area contributed by atoms with Gasteiger partial charge in [-0.2, -0.15) is 0 Å². The molecule has 4 heteroatoms. The monoisotopic (exact) mass is 271 g/mol. The minimum Gasteiger partial charge on any atom is -0.379 e. The number of nitrogens with zero attached hydrogens (tertiary/aromatic N) is 2. The molecule has 96 valence electrons. The maximum Gasteiger partial charge on any atom is 0.140 e. The molecule has 0 saturated carbocycles. The fourth-order valence-electron chi connectivity index (χ4n) is 2.05. The maximum atomic E-state index is 5.86. The lowest BCUT2D eigenvalue weighted by molar-refractivity contribution is 1.08. The van der Waals surface area contributed by atoms with Gasteiger partial charge >= 0.3 is 0 Å². The maximum absolute atomic E-state index is 5.86. The van der Waals surface area contributed by atoms with Gasteiger partial charge in [0.2, 0.25) is 0 Å². The van der Waals surface area contributed by atoms with E-state index in [1.165, 1.54) is 5.56 Å². The second-order valence-electron chi connectivity index (χ2n) is 4.51. The third kappa shape index (κ3) is 2.56. The van der Waals surface area contributed by atoms with Crippen LogP contribution in [0.2, 0.25) is 5.02 Å². The van der Waals surface area contributed by atoms with Crippen molar-refractivity contribution in [1.29, 1.82) is 0 Å². The fourth-order valence-corrected chi connectivity index (χ4v) is 2.18. The van der Waals surface area contributed by atoms with Crippen LogP contribution in [-0.4, -0.2) is 9.38 Å². The van der Waals surface area contributed by atoms with Crippen LogP contribution < -0.4 is 5.32 Å². The molecule has 0 bridgehead atoms. The Morgan fingerprint density at radius 2 is 2.00 bits per heavy atom. The van der Waals surface area contributed by atoms with Crippen molar-refractivity contribution in [3.63, 3.8) is 0 Å². The molecule has 0 aliphatic carbocycles. The second-order valence-corrected chi connectivity index (χ2v) is 4.95. The van der Waals surface area contributed by atoms with Crippen LogP contribution in [-0.2, 0) is 6.54 Å². The lowest BCUT2D eigenvalue weighted by Gasteiger charge is -2.03. The number of nitrogens with one attached hydrogen (secondary N) is 1. The first-order valence-corrected chi connectivity index (χ1v) is 6.53. The number of aromatic nitrogens is 2. The molecule has 0 amide bonds. The molecule has 0 atom stereocenters. The van der Waals surface area contributed by atoms with Crippen molar-refractivity contribution in [2.45, 2.75) is 13.5 Å². The number of pyridine rings is 1. The van der Waals surface area contributed by atoms with Crippen molar-refractivity contribution in [2.24, 2.45) is 0 Å². The third-order valence-electron chi connectivity index (χ3n) is 3.05. The number of fused-ring (bicyclic) bond motifs is 1. The van der Waals surface area contributed by atoms with Gasteiger partial charge in [0.15, 0.2) is 0 Å². The highest BCUT2D eigenvalue weighted by atomic mass is 35.5. The standard InChI is InChI=1S/C15H14ClN3/c1-11-3-2-8-19-10-14(18-15(11)19)9-17-13-6-4-12(16)5-7-13/h2-8,10,17H,9H2,1H3. The first-order chi connectivity index (χ1) is 9.22. The molecular weight excluding hydrogens is 258 g/mol. The first-order valence-electron chi connectivity index (χ1n) is 6.15. The minimum absolute atomic E-state index is 0.697. The highest BCUT2D eigenvalue weighted by Gasteiger charge is 2.03. The van der Waals surface area contributed by atoms with Crippen LogP contribution in [0.1, 0.15) is 11.3 Å². The summed E-state index contributed by atoms with van der Waals surface area (Å²) in [7, 11) is 0. The molecule has 0 aliphatic rings. The zero-order valence-electron chi connectivity index (χ0n) is 10.6. The SMILES string of the molecule is Cc1cccn2cc(CNc3ccc(Cl)cc3)nc12. The number of halogens is 1. The van der Waals surface area contributed by atoms with Gasteiger partial charge in [0.1, 0.15) is 5.65 Å². The molecule has 19 heavy (non-hydrogen) atoms. The Morgan fingerprint density at radius 1 is 1.21 bits per heavy atom. The van der Waals surface area contributed by atoms with Crippen molar-refractivity contribution < 1.29 is 0 Å². The first kappa shape index (κ1) is 12.1. The summed E-state index contributed by atoms with van der Waals surface area (Å²) in [5.41, 5.74) is 4.25. The highest BCUT2D eigenvalue weighted by molar-refractivity contribution is 6.30. The molecule has 0 saturated heterocycles. The Morgan fingerprint density at radius 3 is 2.74 bits per heavy atom. The van der Waals surface area contributed by atoms with Crippen LogP contribution in [0, 0.1) is 6.92 Å². The van der Waals surface area contributed by atoms with Gasteiger partial charge < -0.3 is 9.72 Å². The summed E-state index contributed by atoms with van der Waals surface area (Å²) in [6, 6.07) is 11.8. The van der Waals surface area contributed by atoms with Crippen molar-refractivity contribution in [1.82, 2.24) is 9.38 Å². The number of rotatable bonds is 3. The van der Waals surface area contributed by atoms with Crippen LogP contribution >= 0.6 is 11.6 Å². The van der Waals surface area contributed by atoms with Crippen LogP contribution in [0.25, 0.3) is 5.65 Å². The van der Waals surface area contributed by atoms with Gasteiger partial charge in [-0.1, -0.05) is 17.7 Å². The molecule has 0 fully saturated rings. The van der Waals surface area contributed by atoms with Crippen LogP contribution in [0.15, 0.2) is 48.8 Å². The van der Waals surface area contributed by atoms with Crippen molar-refractivity contribution in [3.05, 3.63) is 65.1 Å². The van der Waals surface area contributed by atoms with Crippen molar-refractivity contribution in [2.75, 3.05) is 5.32 Å². The third-order valence-corrected chi connectivity index (χ3v) is 3.30. The number of imidazole rings is 1. The lowest BCUT2D eigenvalue weighted by atomic mass is 10.3. The summed E-state index contributed by atoms with van der Waals surface area (Å²) in [4.78, 5) is 4.62. The van der Waals surface area contributed by atoms with Crippen molar-refractivity contribution >= 4 is 22.9 Å². The average molecular weight is 272 g/mol. The molecule has 0 spiro atoms. The molecule has 0 unspecified atom stereocenters. The molecule has 0 radical (unpaired) electrons. The van der Waals surface area contributed by atoms with Gasteiger partial charge in [-0.05, 0) is 42.8 Å². The summed E-state index contributed by atoms with van der Waals surface area (Å²) >= 11 is 5.86. The molecular formula is C15H14ClN3. The van der Waals surface area contributed by atoms with E-state index in [0.29, 0.717) is 6.54 Å². The van der Waals surface area contributed by atoms with Gasteiger partial charge in [0.05, 0.1) is 12.2 Å². The largest absolute Gasteiger partial charge is 0.379 e. The summed E-state index contributed by atoms with van der Waals surface area (Å²) in [5.74, 6) is 0. The van der Waals surface area contributed by atoms with E-state index in [1.807, 2.05) is 47.1 Å². The molecule has 3 nitrogen and oxygen atoms in total. The van der Waals surface area contributed by atoms with Gasteiger partial charge in [-0.25, -0.2) is 4.98 Å². The van der Waals surface area contributed by atoms with Crippen LogP contribution in [0.4, 0.5) is 5.69 Å². The zero-order valence-corrected chi connectivity index (χ0v) is 11.4. The van der Waals surface area contributed by atoms with Crippen LogP contribution in [0.3, 0.4) is 0 Å². The molecule has 3 rings (SSSR count). The quantitative estimate of drug-likeness (QED) is 0.783. The van der Waals surface area contributed by atoms with E-state index in [4.69, 9.17) is 11.6 Å². The van der Waals surface area contributed by atoms with E-state index < -0.39 is 0 Å². The highest BCUT2D eigenvalue weighted by Crippen LogP contribution is 2.15. The molecule has 3 aromatic rings. The van der Waals surface area contributed by atoms with E-state index >= 15 is 0 Å². The predicted molar refractivity (Wildman–Crippen MR) is 78.7 cm³/mol. The Hall–Kier alpha value is -2.00. The molecule has 2 heterocycles. The predicted octanol–water partition coefficient (Wildman–Crippen LogP) is 3.91. The molecule has 1 N–H and O–H groups in total. The number of hydrogen-bond acceptors (Lipinski definition) is 2. The zero-order chi connectivity index (χ0) is 13.2. The second kappa shape index (κ2) is 4.94. The van der Waals surface area contributed by atoms with Gasteiger partial charge in [-0.3, -0.25) is 0 Å². The Bertz CT molecular complexity index is 701. The minimum atomic E-state index is 0.697. The Labute approximate surface area is 116 Å². The van der Waals surface area contributed by atoms with E-state index in [0.717, 1.165) is 22.1 Å². The summed E-state index contributed by atoms with van der Waals surface area (Å²) in [6.07, 6.45) is 4.06. The Kier molecular flexibility index (Phi) is 3.13. The lowest BCUT2D eigenvalue weighted by Crippen LogP contribution is -1.99. The number of benzene rings is 1. The van der Waals surface area contributed by atoms with E-state index in [-0.39, 0.29) is 0 Å². The van der Waals surface area contributed by atoms with E-state index in [1.54, 1.807) is 0 Å². The normalized spacial score (nSPS) is 10.8. The van der Waals surface area contributed by atoms with Crippen molar-refractivity contribution in [3.8, 4) is 0 Å². The topological polar surface area (TPSA) is 29.3 Å². The number of anilines is 1. The van der Waals surface area contributed by atoms with E-state index in [2.05, 4.69) is 23.3 Å². The molecule has 0 aliphatic heterocycles. The van der Waals surface area contributed by atoms with Crippen LogP contribution in [0.5, 0.6) is 0 Å². The van der Waals surface area contributed by atoms with Gasteiger partial charge in [0.25, 0.3) is 0 Å². The summed E-state index contributed by atoms with van der Waals surface area (Å²) in [5, 5.41) is 4.08. The molecule has 1 aromatic carbocycles. The number of hydrogen-bond donors (Lipinski definition) is 1. The average Bonchev–Trinajstić information content (AvgIpc) is 2.83. The number of aryl methyl sites for hydroxylation is 1. The van der Waals surface area contributed by atoms with Gasteiger partial charge in [0, 0.05) is 23.1 Å². The Balaban J connectivity index is 1.78. The molecule has 2 aromatic heterocycles. The van der Waals surface area contributed by atoms with Gasteiger partial charge in [-0.15, -0.1) is 0 Å². The smallest absolute Gasteiger partial charge is 0.140 e. The fraction of sp³-hybridized carbons (Fsp3) is 0.133. The summed E-state index contributed by atoms with van der Waals surface area (Å²) < 4.78 is 2.05. The summed E-state index contributed by atoms with van der Waals surface area (Å²) in [6.45, 7) is 2.77. The van der Waals surface area contributed by atoms with E-state index in [9.17, 15) is 0 Å².